The summed E-state index contributed by atoms with van der Waals surface area (Å²) in [6, 6.07) is 0.654. The molecule has 0 aromatic carbocycles. The van der Waals surface area contributed by atoms with E-state index in [0.29, 0.717) is 6.04 Å². The Morgan fingerprint density at radius 2 is 2.15 bits per heavy atom. The standard InChI is InChI=1S/C10H17N3/c1-10(2,3)6-9-11-7-13(12-9)8-4-5-8/h7-8H,4-6H2,1-3H3. The number of nitrogens with zero attached hydrogens (tertiary/aromatic N) is 3. The first-order chi connectivity index (χ1) is 6.04. The molecule has 1 aromatic rings. The topological polar surface area (TPSA) is 30.7 Å². The molecule has 0 N–H and O–H groups in total. The third-order valence-corrected chi connectivity index (χ3v) is 2.17. The first-order valence-corrected chi connectivity index (χ1v) is 4.95. The Hall–Kier alpha value is -0.860. The number of aromatic nitrogens is 3. The van der Waals surface area contributed by atoms with E-state index in [2.05, 4.69) is 30.9 Å². The van der Waals surface area contributed by atoms with Gasteiger partial charge in [-0.25, -0.2) is 9.67 Å². The molecule has 13 heavy (non-hydrogen) atoms. The second-order valence-electron chi connectivity index (χ2n) is 5.11. The van der Waals surface area contributed by atoms with Crippen molar-refractivity contribution in [2.45, 2.75) is 46.1 Å². The van der Waals surface area contributed by atoms with E-state index >= 15 is 0 Å². The van der Waals surface area contributed by atoms with Gasteiger partial charge >= 0.3 is 0 Å². The van der Waals surface area contributed by atoms with Crippen molar-refractivity contribution in [1.82, 2.24) is 14.8 Å². The van der Waals surface area contributed by atoms with Gasteiger partial charge in [0.2, 0.25) is 0 Å². The average Bonchev–Trinajstić information content (AvgIpc) is 2.72. The van der Waals surface area contributed by atoms with Crippen LogP contribution in [-0.4, -0.2) is 14.8 Å². The van der Waals surface area contributed by atoms with Gasteiger partial charge in [0.1, 0.15) is 6.33 Å². The highest BCUT2D eigenvalue weighted by molar-refractivity contribution is 4.90. The summed E-state index contributed by atoms with van der Waals surface area (Å²) in [5, 5.41) is 4.46. The van der Waals surface area contributed by atoms with Gasteiger partial charge in [0.15, 0.2) is 5.82 Å². The lowest BCUT2D eigenvalue weighted by atomic mass is 9.92. The third-order valence-electron chi connectivity index (χ3n) is 2.17. The van der Waals surface area contributed by atoms with E-state index in [-0.39, 0.29) is 5.41 Å². The summed E-state index contributed by atoms with van der Waals surface area (Å²) in [6.45, 7) is 6.64. The molecule has 1 heterocycles. The Labute approximate surface area is 79.2 Å². The van der Waals surface area contributed by atoms with Crippen LogP contribution in [-0.2, 0) is 6.42 Å². The molecule has 3 nitrogen and oxygen atoms in total. The van der Waals surface area contributed by atoms with Crippen molar-refractivity contribution in [3.8, 4) is 0 Å². The molecule has 0 amide bonds. The molecule has 1 aliphatic carbocycles. The van der Waals surface area contributed by atoms with Crippen molar-refractivity contribution in [2.24, 2.45) is 5.41 Å². The van der Waals surface area contributed by atoms with Crippen molar-refractivity contribution >= 4 is 0 Å². The molecule has 0 saturated heterocycles. The Bertz CT molecular complexity index is 291. The molecule has 3 heteroatoms. The van der Waals surface area contributed by atoms with E-state index < -0.39 is 0 Å². The molecule has 0 spiro atoms. The van der Waals surface area contributed by atoms with Crippen LogP contribution in [0.4, 0.5) is 0 Å². The fourth-order valence-corrected chi connectivity index (χ4v) is 1.38. The van der Waals surface area contributed by atoms with Crippen molar-refractivity contribution in [2.75, 3.05) is 0 Å². The lowest BCUT2D eigenvalue weighted by molar-refractivity contribution is 0.399. The first-order valence-electron chi connectivity index (χ1n) is 4.95. The Balaban J connectivity index is 2.04. The average molecular weight is 179 g/mol. The van der Waals surface area contributed by atoms with Crippen molar-refractivity contribution < 1.29 is 0 Å². The zero-order valence-corrected chi connectivity index (χ0v) is 8.62. The summed E-state index contributed by atoms with van der Waals surface area (Å²) >= 11 is 0. The molecule has 0 atom stereocenters. The van der Waals surface area contributed by atoms with Gasteiger partial charge in [-0.3, -0.25) is 0 Å². The lowest BCUT2D eigenvalue weighted by Crippen LogP contribution is -2.10. The fourth-order valence-electron chi connectivity index (χ4n) is 1.38. The molecular formula is C10H17N3. The number of hydrogen-bond acceptors (Lipinski definition) is 2. The van der Waals surface area contributed by atoms with Gasteiger partial charge < -0.3 is 0 Å². The van der Waals surface area contributed by atoms with Crippen LogP contribution >= 0.6 is 0 Å². The minimum absolute atomic E-state index is 0.287. The Morgan fingerprint density at radius 1 is 1.46 bits per heavy atom. The maximum Gasteiger partial charge on any atom is 0.151 e. The van der Waals surface area contributed by atoms with Gasteiger partial charge in [-0.2, -0.15) is 5.10 Å². The van der Waals surface area contributed by atoms with Gasteiger partial charge in [0, 0.05) is 6.42 Å². The van der Waals surface area contributed by atoms with E-state index in [1.165, 1.54) is 12.8 Å². The van der Waals surface area contributed by atoms with Crippen LogP contribution in [0.15, 0.2) is 6.33 Å². The van der Waals surface area contributed by atoms with Gasteiger partial charge in [-0.05, 0) is 18.3 Å². The minimum Gasteiger partial charge on any atom is -0.250 e. The van der Waals surface area contributed by atoms with E-state index in [9.17, 15) is 0 Å². The molecule has 0 unspecified atom stereocenters. The molecule has 0 bridgehead atoms. The zero-order valence-electron chi connectivity index (χ0n) is 8.62. The normalized spacial score (nSPS) is 17.8. The first kappa shape index (κ1) is 8.73. The summed E-state index contributed by atoms with van der Waals surface area (Å²) < 4.78 is 2.01. The fraction of sp³-hybridized carbons (Fsp3) is 0.800. The molecule has 1 aromatic heterocycles. The maximum atomic E-state index is 4.46. The second-order valence-corrected chi connectivity index (χ2v) is 5.11. The number of hydrogen-bond donors (Lipinski definition) is 0. The van der Waals surface area contributed by atoms with Crippen LogP contribution < -0.4 is 0 Å². The van der Waals surface area contributed by atoms with Crippen molar-refractivity contribution in [3.63, 3.8) is 0 Å². The highest BCUT2D eigenvalue weighted by Crippen LogP contribution is 2.33. The smallest absolute Gasteiger partial charge is 0.151 e. The number of rotatable bonds is 2. The summed E-state index contributed by atoms with van der Waals surface area (Å²) in [6.07, 6.45) is 5.39. The van der Waals surface area contributed by atoms with Crippen LogP contribution in [0.5, 0.6) is 0 Å². The van der Waals surface area contributed by atoms with Gasteiger partial charge in [-0.1, -0.05) is 20.8 Å². The zero-order chi connectivity index (χ0) is 9.47. The molecule has 2 rings (SSSR count). The summed E-state index contributed by atoms with van der Waals surface area (Å²) in [5.41, 5.74) is 0.287. The predicted molar refractivity (Wildman–Crippen MR) is 51.5 cm³/mol. The highest BCUT2D eigenvalue weighted by Gasteiger charge is 2.25. The quantitative estimate of drug-likeness (QED) is 0.696. The third kappa shape index (κ3) is 2.29. The van der Waals surface area contributed by atoms with Crippen molar-refractivity contribution in [3.05, 3.63) is 12.2 Å². The largest absolute Gasteiger partial charge is 0.250 e. The molecule has 0 radical (unpaired) electrons. The minimum atomic E-state index is 0.287. The van der Waals surface area contributed by atoms with E-state index in [4.69, 9.17) is 0 Å². The maximum absolute atomic E-state index is 4.46. The van der Waals surface area contributed by atoms with Gasteiger partial charge in [-0.15, -0.1) is 0 Å². The summed E-state index contributed by atoms with van der Waals surface area (Å²) in [4.78, 5) is 4.31. The van der Waals surface area contributed by atoms with E-state index in [1.54, 1.807) is 0 Å². The van der Waals surface area contributed by atoms with Crippen LogP contribution in [0.3, 0.4) is 0 Å². The predicted octanol–water partition coefficient (Wildman–Crippen LogP) is 2.20. The SMILES string of the molecule is CC(C)(C)Cc1ncn(C2CC2)n1. The lowest BCUT2D eigenvalue weighted by Gasteiger charge is -2.14. The van der Waals surface area contributed by atoms with Gasteiger partial charge in [0.25, 0.3) is 0 Å². The van der Waals surface area contributed by atoms with Crippen LogP contribution in [0.2, 0.25) is 0 Å². The summed E-state index contributed by atoms with van der Waals surface area (Å²) in [7, 11) is 0. The molecule has 0 aliphatic heterocycles. The molecule has 72 valence electrons. The Morgan fingerprint density at radius 3 is 2.69 bits per heavy atom. The molecule has 1 saturated carbocycles. The highest BCUT2D eigenvalue weighted by atomic mass is 15.4. The van der Waals surface area contributed by atoms with Crippen LogP contribution in [0, 0.1) is 5.41 Å². The van der Waals surface area contributed by atoms with E-state index in [1.807, 2.05) is 11.0 Å². The van der Waals surface area contributed by atoms with Crippen LogP contribution in [0.25, 0.3) is 0 Å². The molecule has 1 fully saturated rings. The monoisotopic (exact) mass is 179 g/mol. The summed E-state index contributed by atoms with van der Waals surface area (Å²) in [5.74, 6) is 0.986. The molecular weight excluding hydrogens is 162 g/mol. The van der Waals surface area contributed by atoms with Crippen molar-refractivity contribution in [1.29, 1.82) is 0 Å². The van der Waals surface area contributed by atoms with Crippen LogP contribution in [0.1, 0.15) is 45.5 Å². The van der Waals surface area contributed by atoms with E-state index in [0.717, 1.165) is 12.2 Å². The van der Waals surface area contributed by atoms with Gasteiger partial charge in [0.05, 0.1) is 6.04 Å². The second kappa shape index (κ2) is 2.82. The molecule has 1 aliphatic rings. The Kier molecular flexibility index (Phi) is 1.90.